The van der Waals surface area contributed by atoms with Crippen LogP contribution in [-0.4, -0.2) is 36.1 Å². The molecule has 4 aromatic rings. The number of nitrogens with two attached hydrogens (primary N) is 1. The second-order valence-corrected chi connectivity index (χ2v) is 9.00. The van der Waals surface area contributed by atoms with Crippen LogP contribution < -0.4 is 5.73 Å². The van der Waals surface area contributed by atoms with Gasteiger partial charge >= 0.3 is 0 Å². The van der Waals surface area contributed by atoms with Crippen molar-refractivity contribution in [3.8, 4) is 23.1 Å². The summed E-state index contributed by atoms with van der Waals surface area (Å²) in [5.74, 6) is 1.02. The molecule has 0 saturated heterocycles. The van der Waals surface area contributed by atoms with E-state index < -0.39 is 0 Å². The quantitative estimate of drug-likeness (QED) is 0.321. The molecular weight excluding hydrogens is 464 g/mol. The van der Waals surface area contributed by atoms with Crippen LogP contribution in [0.25, 0.3) is 28.1 Å². The van der Waals surface area contributed by atoms with Gasteiger partial charge in [-0.2, -0.15) is 15.5 Å². The molecule has 37 heavy (non-hydrogen) atoms. The van der Waals surface area contributed by atoms with E-state index in [1.165, 1.54) is 0 Å². The summed E-state index contributed by atoms with van der Waals surface area (Å²) in [6.07, 6.45) is 3.70. The first-order chi connectivity index (χ1) is 17.9. The maximum atomic E-state index is 9.20. The Morgan fingerprint density at radius 2 is 1.89 bits per heavy atom. The zero-order valence-corrected chi connectivity index (χ0v) is 22.1. The molecule has 3 heterocycles. The predicted octanol–water partition coefficient (Wildman–Crippen LogP) is 5.70. The van der Waals surface area contributed by atoms with Crippen molar-refractivity contribution in [3.63, 3.8) is 0 Å². The Morgan fingerprint density at radius 3 is 2.57 bits per heavy atom. The average molecular weight is 499 g/mol. The van der Waals surface area contributed by atoms with Gasteiger partial charge in [0.25, 0.3) is 0 Å². The number of nitrogen functional groups attached to an aromatic ring is 1. The van der Waals surface area contributed by atoms with Crippen molar-refractivity contribution in [1.29, 1.82) is 5.26 Å². The van der Waals surface area contributed by atoms with Crippen molar-refractivity contribution >= 4 is 16.9 Å². The van der Waals surface area contributed by atoms with E-state index in [1.54, 1.807) is 29.1 Å². The lowest BCUT2D eigenvalue weighted by atomic mass is 10.1. The molecule has 9 nitrogen and oxygen atoms in total. The van der Waals surface area contributed by atoms with Gasteiger partial charge in [0.1, 0.15) is 17.2 Å². The number of nitrogens with one attached hydrogen (secondary N) is 1. The van der Waals surface area contributed by atoms with Gasteiger partial charge in [-0.05, 0) is 52.3 Å². The first-order valence-electron chi connectivity index (χ1n) is 12.7. The summed E-state index contributed by atoms with van der Waals surface area (Å²) in [6, 6.07) is 13.3. The van der Waals surface area contributed by atoms with E-state index >= 15 is 0 Å². The van der Waals surface area contributed by atoms with Crippen molar-refractivity contribution in [2.75, 3.05) is 12.3 Å². The third kappa shape index (κ3) is 5.34. The lowest BCUT2D eigenvalue weighted by molar-refractivity contribution is 0.0755. The molecule has 0 radical (unpaired) electrons. The summed E-state index contributed by atoms with van der Waals surface area (Å²) in [7, 11) is 0. The second-order valence-electron chi connectivity index (χ2n) is 9.00. The Balaban J connectivity index is 1.91. The van der Waals surface area contributed by atoms with Gasteiger partial charge in [-0.1, -0.05) is 25.5 Å². The lowest BCUT2D eigenvalue weighted by Crippen LogP contribution is -2.05. The fraction of sp³-hybridized carbons (Fsp3) is 0.357. The number of hydrogen-bond donors (Lipinski definition) is 2. The Bertz CT molecular complexity index is 1490. The number of hydrogen-bond acceptors (Lipinski definition) is 6. The van der Waals surface area contributed by atoms with E-state index in [0.29, 0.717) is 23.8 Å². The van der Waals surface area contributed by atoms with Gasteiger partial charge < -0.3 is 15.5 Å². The highest BCUT2D eigenvalue weighted by Crippen LogP contribution is 2.28. The van der Waals surface area contributed by atoms with Crippen molar-refractivity contribution in [3.05, 3.63) is 65.1 Å². The molecule has 0 aliphatic heterocycles. The van der Waals surface area contributed by atoms with Crippen LogP contribution in [0.4, 0.5) is 5.82 Å². The average Bonchev–Trinajstić information content (AvgIpc) is 3.39. The molecule has 3 aromatic heterocycles. The maximum absolute atomic E-state index is 9.20. The topological polar surface area (TPSA) is 123 Å². The van der Waals surface area contributed by atoms with Crippen LogP contribution >= 0.6 is 0 Å². The normalized spacial score (nSPS) is 11.9. The first-order valence-corrected chi connectivity index (χ1v) is 12.7. The van der Waals surface area contributed by atoms with Crippen molar-refractivity contribution in [2.45, 2.75) is 60.1 Å². The smallest absolute Gasteiger partial charge is 0.157 e. The predicted molar refractivity (Wildman–Crippen MR) is 146 cm³/mol. The van der Waals surface area contributed by atoms with E-state index in [-0.39, 0.29) is 6.10 Å². The number of nitrogens with zero attached hydrogens (tertiary/aromatic N) is 6. The molecule has 1 unspecified atom stereocenters. The van der Waals surface area contributed by atoms with Gasteiger partial charge in [-0.25, -0.2) is 14.3 Å². The number of benzene rings is 1. The molecular formula is C28H34N8O. The van der Waals surface area contributed by atoms with Crippen LogP contribution in [0.2, 0.25) is 0 Å². The number of aromatic amines is 1. The fourth-order valence-electron chi connectivity index (χ4n) is 4.60. The molecule has 0 aliphatic carbocycles. The largest absolute Gasteiger partial charge is 0.385 e. The summed E-state index contributed by atoms with van der Waals surface area (Å²) >= 11 is 0. The molecule has 0 amide bonds. The lowest BCUT2D eigenvalue weighted by Gasteiger charge is -2.12. The van der Waals surface area contributed by atoms with Crippen molar-refractivity contribution < 1.29 is 4.74 Å². The van der Waals surface area contributed by atoms with Crippen molar-refractivity contribution in [1.82, 2.24) is 29.5 Å². The number of H-pyrrole nitrogens is 1. The third-order valence-electron chi connectivity index (χ3n) is 6.38. The van der Waals surface area contributed by atoms with E-state index in [9.17, 15) is 5.26 Å². The summed E-state index contributed by atoms with van der Waals surface area (Å²) in [6.45, 7) is 11.5. The zero-order valence-electron chi connectivity index (χ0n) is 22.1. The minimum Gasteiger partial charge on any atom is -0.385 e. The van der Waals surface area contributed by atoms with Crippen LogP contribution in [0.5, 0.6) is 0 Å². The van der Waals surface area contributed by atoms with Gasteiger partial charge in [0, 0.05) is 47.6 Å². The standard InChI is InChI=1S/C28H34N8O/c1-6-8-15-35-28-23(27(34-35)22-11-9-21(17-29)10-12-22)13-14-31-25(16-24(30)32-28)36-19(4)26(18(3)33-36)20(5)37-7-2/h9-14,16,20,32H,6-8,15,30H2,1-5H3. The molecule has 0 fully saturated rings. The SMILES string of the molecule is CCCCn1nc(-c2ccc(C#N)cc2)c2ccnc(-n3nc(C)c(C(C)OCC)c3C)cc(N)[nH]c21. The number of ether oxygens (including phenoxy) is 1. The number of nitriles is 1. The Hall–Kier alpha value is -4.16. The van der Waals surface area contributed by atoms with Gasteiger partial charge in [-0.15, -0.1) is 0 Å². The molecule has 3 N–H and O–H groups in total. The highest BCUT2D eigenvalue weighted by atomic mass is 16.5. The minimum atomic E-state index is -0.0746. The zero-order chi connectivity index (χ0) is 26.5. The summed E-state index contributed by atoms with van der Waals surface area (Å²) in [4.78, 5) is 8.10. The highest BCUT2D eigenvalue weighted by Gasteiger charge is 2.19. The Labute approximate surface area is 217 Å². The van der Waals surface area contributed by atoms with E-state index in [2.05, 4.69) is 18.0 Å². The number of aryl methyl sites for hydroxylation is 2. The minimum absolute atomic E-state index is 0.0746. The molecule has 1 aromatic carbocycles. The molecule has 9 heteroatoms. The molecule has 0 spiro atoms. The van der Waals surface area contributed by atoms with Gasteiger partial charge in [0.2, 0.25) is 0 Å². The van der Waals surface area contributed by atoms with E-state index in [4.69, 9.17) is 25.7 Å². The summed E-state index contributed by atoms with van der Waals surface area (Å²) in [5, 5.41) is 19.7. The molecule has 4 rings (SSSR count). The summed E-state index contributed by atoms with van der Waals surface area (Å²) < 4.78 is 9.59. The van der Waals surface area contributed by atoms with Crippen LogP contribution in [0, 0.1) is 25.2 Å². The van der Waals surface area contributed by atoms with Crippen LogP contribution in [0.1, 0.15) is 62.2 Å². The number of anilines is 1. The second kappa shape index (κ2) is 11.3. The van der Waals surface area contributed by atoms with Gasteiger partial charge in [0.05, 0.1) is 23.4 Å². The van der Waals surface area contributed by atoms with Crippen molar-refractivity contribution in [2.24, 2.45) is 0 Å². The van der Waals surface area contributed by atoms with Crippen LogP contribution in [-0.2, 0) is 11.3 Å². The monoisotopic (exact) mass is 498 g/mol. The number of rotatable bonds is 8. The highest BCUT2D eigenvalue weighted by molar-refractivity contribution is 5.91. The van der Waals surface area contributed by atoms with Gasteiger partial charge in [0.15, 0.2) is 5.82 Å². The van der Waals surface area contributed by atoms with Crippen LogP contribution in [0.15, 0.2) is 42.6 Å². The summed E-state index contributed by atoms with van der Waals surface area (Å²) in [5.41, 5.74) is 12.5. The molecule has 0 bridgehead atoms. The van der Waals surface area contributed by atoms with E-state index in [1.807, 2.05) is 50.6 Å². The number of aromatic nitrogens is 6. The van der Waals surface area contributed by atoms with Crippen LogP contribution in [0.3, 0.4) is 0 Å². The Kier molecular flexibility index (Phi) is 7.89. The number of unbranched alkanes of at least 4 members (excludes halogenated alkanes) is 1. The van der Waals surface area contributed by atoms with Gasteiger partial charge in [-0.3, -0.25) is 0 Å². The molecule has 0 saturated carbocycles. The fourth-order valence-corrected chi connectivity index (χ4v) is 4.60. The Morgan fingerprint density at radius 1 is 1.14 bits per heavy atom. The number of fused-ring (bicyclic) bond motifs is 1. The molecule has 1 atom stereocenters. The first kappa shape index (κ1) is 25.9. The maximum Gasteiger partial charge on any atom is 0.157 e. The third-order valence-corrected chi connectivity index (χ3v) is 6.38. The molecule has 0 aliphatic rings. The van der Waals surface area contributed by atoms with E-state index in [0.717, 1.165) is 58.6 Å². The molecule has 192 valence electrons.